The monoisotopic (exact) mass is 251 g/mol. The van der Waals surface area contributed by atoms with Crippen LogP contribution in [0.3, 0.4) is 0 Å². The number of benzene rings is 1. The van der Waals surface area contributed by atoms with Crippen LogP contribution >= 0.6 is 0 Å². The first kappa shape index (κ1) is 11.6. The number of anilines is 1. The Kier molecular flexibility index (Phi) is 2.80. The van der Waals surface area contributed by atoms with Crippen LogP contribution in [0.1, 0.15) is 32.1 Å². The fourth-order valence-electron chi connectivity index (χ4n) is 3.26. The molecule has 0 aromatic heterocycles. The molecule has 0 spiro atoms. The van der Waals surface area contributed by atoms with Crippen LogP contribution < -0.4 is 4.90 Å². The summed E-state index contributed by atoms with van der Waals surface area (Å²) in [7, 11) is 0. The molecule has 18 heavy (non-hydrogen) atoms. The van der Waals surface area contributed by atoms with Crippen molar-refractivity contribution < 1.29 is 13.6 Å². The minimum Gasteiger partial charge on any atom is -0.362 e. The normalized spacial score (nSPS) is 27.4. The first-order chi connectivity index (χ1) is 8.66. The summed E-state index contributed by atoms with van der Waals surface area (Å²) in [5.41, 5.74) is 0.317. The standard InChI is InChI=1S/C14H15F2NO/c15-12-5-2-6-13(14(12)16)17-9-3-1-4-10(17)8-11(18)7-9/h2,5-6,9-10H,1,3-4,7-8H2. The van der Waals surface area contributed by atoms with Gasteiger partial charge in [0.15, 0.2) is 11.6 Å². The van der Waals surface area contributed by atoms with E-state index >= 15 is 0 Å². The van der Waals surface area contributed by atoms with E-state index in [2.05, 4.69) is 0 Å². The fraction of sp³-hybridized carbons (Fsp3) is 0.500. The van der Waals surface area contributed by atoms with Gasteiger partial charge in [-0.3, -0.25) is 4.79 Å². The van der Waals surface area contributed by atoms with Crippen LogP contribution in [0.25, 0.3) is 0 Å². The number of fused-ring (bicyclic) bond motifs is 2. The van der Waals surface area contributed by atoms with Crippen molar-refractivity contribution in [1.29, 1.82) is 0 Å². The third-order valence-corrected chi connectivity index (χ3v) is 4.00. The Morgan fingerprint density at radius 1 is 1.11 bits per heavy atom. The van der Waals surface area contributed by atoms with E-state index < -0.39 is 11.6 Å². The molecular formula is C14H15F2NO. The number of carbonyl (C=O) groups excluding carboxylic acids is 1. The number of piperidine rings is 2. The topological polar surface area (TPSA) is 20.3 Å². The molecule has 2 saturated heterocycles. The molecule has 2 bridgehead atoms. The maximum atomic E-state index is 13.9. The van der Waals surface area contributed by atoms with Crippen molar-refractivity contribution in [2.24, 2.45) is 0 Å². The number of hydrogen-bond acceptors (Lipinski definition) is 2. The number of hydrogen-bond donors (Lipinski definition) is 0. The smallest absolute Gasteiger partial charge is 0.182 e. The van der Waals surface area contributed by atoms with Crippen molar-refractivity contribution in [3.05, 3.63) is 29.8 Å². The predicted octanol–water partition coefficient (Wildman–Crippen LogP) is 3.06. The summed E-state index contributed by atoms with van der Waals surface area (Å²) in [4.78, 5) is 13.5. The molecule has 0 saturated carbocycles. The Morgan fingerprint density at radius 2 is 1.78 bits per heavy atom. The van der Waals surface area contributed by atoms with Crippen molar-refractivity contribution in [2.75, 3.05) is 4.90 Å². The Hall–Kier alpha value is -1.45. The molecule has 4 heteroatoms. The highest BCUT2D eigenvalue weighted by Gasteiger charge is 2.38. The highest BCUT2D eigenvalue weighted by molar-refractivity contribution is 5.82. The highest BCUT2D eigenvalue weighted by Crippen LogP contribution is 2.37. The van der Waals surface area contributed by atoms with E-state index in [-0.39, 0.29) is 17.9 Å². The number of ketones is 1. The van der Waals surface area contributed by atoms with E-state index in [4.69, 9.17) is 0 Å². The maximum absolute atomic E-state index is 13.9. The van der Waals surface area contributed by atoms with Crippen molar-refractivity contribution >= 4 is 11.5 Å². The average Bonchev–Trinajstić information content (AvgIpc) is 2.32. The molecule has 2 atom stereocenters. The zero-order valence-electron chi connectivity index (χ0n) is 10.0. The second-order valence-corrected chi connectivity index (χ2v) is 5.17. The lowest BCUT2D eigenvalue weighted by atomic mass is 9.83. The van der Waals surface area contributed by atoms with Gasteiger partial charge in [-0.25, -0.2) is 8.78 Å². The molecule has 0 N–H and O–H groups in total. The lowest BCUT2D eigenvalue weighted by Crippen LogP contribution is -2.53. The van der Waals surface area contributed by atoms with Gasteiger partial charge >= 0.3 is 0 Å². The molecule has 1 aromatic carbocycles. The highest BCUT2D eigenvalue weighted by atomic mass is 19.2. The Balaban J connectivity index is 2.00. The van der Waals surface area contributed by atoms with Gasteiger partial charge < -0.3 is 4.90 Å². The second kappa shape index (κ2) is 4.34. The number of halogens is 2. The minimum atomic E-state index is -0.817. The molecule has 2 fully saturated rings. The van der Waals surface area contributed by atoms with E-state index in [1.807, 2.05) is 4.90 Å². The van der Waals surface area contributed by atoms with Gasteiger partial charge in [0, 0.05) is 24.9 Å². The average molecular weight is 251 g/mol. The quantitative estimate of drug-likeness (QED) is 0.764. The van der Waals surface area contributed by atoms with E-state index in [1.165, 1.54) is 6.07 Å². The van der Waals surface area contributed by atoms with E-state index in [1.54, 1.807) is 6.07 Å². The summed E-state index contributed by atoms with van der Waals surface area (Å²) in [6.45, 7) is 0. The molecule has 96 valence electrons. The summed E-state index contributed by atoms with van der Waals surface area (Å²) in [6, 6.07) is 4.35. The molecule has 0 amide bonds. The Morgan fingerprint density at radius 3 is 2.44 bits per heavy atom. The molecule has 2 aliphatic rings. The lowest BCUT2D eigenvalue weighted by molar-refractivity contribution is -0.121. The van der Waals surface area contributed by atoms with Crippen molar-refractivity contribution in [1.82, 2.24) is 0 Å². The first-order valence-electron chi connectivity index (χ1n) is 6.41. The van der Waals surface area contributed by atoms with Gasteiger partial charge in [0.05, 0.1) is 5.69 Å². The van der Waals surface area contributed by atoms with Crippen molar-refractivity contribution in [2.45, 2.75) is 44.2 Å². The zero-order chi connectivity index (χ0) is 12.7. The van der Waals surface area contributed by atoms with Crippen molar-refractivity contribution in [3.63, 3.8) is 0 Å². The number of carbonyl (C=O) groups is 1. The molecule has 0 aliphatic carbocycles. The molecule has 2 heterocycles. The summed E-state index contributed by atoms with van der Waals surface area (Å²) < 4.78 is 27.2. The first-order valence-corrected chi connectivity index (χ1v) is 6.41. The summed E-state index contributed by atoms with van der Waals surface area (Å²) in [6.07, 6.45) is 3.77. The van der Waals surface area contributed by atoms with Gasteiger partial charge in [-0.1, -0.05) is 6.07 Å². The molecule has 2 aliphatic heterocycles. The van der Waals surface area contributed by atoms with E-state index in [0.29, 0.717) is 18.5 Å². The van der Waals surface area contributed by atoms with Gasteiger partial charge in [-0.05, 0) is 31.4 Å². The second-order valence-electron chi connectivity index (χ2n) is 5.17. The molecule has 1 aromatic rings. The van der Waals surface area contributed by atoms with Gasteiger partial charge in [-0.15, -0.1) is 0 Å². The summed E-state index contributed by atoms with van der Waals surface area (Å²) in [5.74, 6) is -1.36. The third-order valence-electron chi connectivity index (χ3n) is 4.00. The molecule has 2 nitrogen and oxygen atoms in total. The lowest BCUT2D eigenvalue weighted by Gasteiger charge is -2.47. The maximum Gasteiger partial charge on any atom is 0.182 e. The molecule has 0 radical (unpaired) electrons. The van der Waals surface area contributed by atoms with Gasteiger partial charge in [0.25, 0.3) is 0 Å². The molecular weight excluding hydrogens is 236 g/mol. The zero-order valence-corrected chi connectivity index (χ0v) is 10.0. The summed E-state index contributed by atoms with van der Waals surface area (Å²) in [5, 5.41) is 0. The van der Waals surface area contributed by atoms with E-state index in [0.717, 1.165) is 25.3 Å². The van der Waals surface area contributed by atoms with E-state index in [9.17, 15) is 13.6 Å². The van der Waals surface area contributed by atoms with Crippen LogP contribution in [-0.2, 0) is 4.79 Å². The Labute approximate surface area is 105 Å². The van der Waals surface area contributed by atoms with Gasteiger partial charge in [-0.2, -0.15) is 0 Å². The van der Waals surface area contributed by atoms with Gasteiger partial charge in [0.1, 0.15) is 5.78 Å². The van der Waals surface area contributed by atoms with Crippen LogP contribution in [0.2, 0.25) is 0 Å². The minimum absolute atomic E-state index is 0.0429. The number of Topliss-reactive ketones (excluding diaryl/α,β-unsaturated/α-hetero) is 1. The number of rotatable bonds is 1. The third kappa shape index (κ3) is 1.80. The number of nitrogens with zero attached hydrogens (tertiary/aromatic N) is 1. The van der Waals surface area contributed by atoms with Crippen molar-refractivity contribution in [3.8, 4) is 0 Å². The predicted molar refractivity (Wildman–Crippen MR) is 64.5 cm³/mol. The van der Waals surface area contributed by atoms with Gasteiger partial charge in [0.2, 0.25) is 0 Å². The fourth-order valence-corrected chi connectivity index (χ4v) is 3.26. The SMILES string of the molecule is O=C1CC2CCCC(C1)N2c1cccc(F)c1F. The largest absolute Gasteiger partial charge is 0.362 e. The van der Waals surface area contributed by atoms with Crippen LogP contribution in [-0.4, -0.2) is 17.9 Å². The molecule has 3 rings (SSSR count). The molecule has 2 unspecified atom stereocenters. The van der Waals surface area contributed by atoms with Crippen LogP contribution in [0, 0.1) is 11.6 Å². The van der Waals surface area contributed by atoms with Crippen LogP contribution in [0.5, 0.6) is 0 Å². The summed E-state index contributed by atoms with van der Waals surface area (Å²) >= 11 is 0. The van der Waals surface area contributed by atoms with Crippen LogP contribution in [0.4, 0.5) is 14.5 Å². The van der Waals surface area contributed by atoms with Crippen LogP contribution in [0.15, 0.2) is 18.2 Å². The Bertz CT molecular complexity index is 473.